The molecule has 0 heterocycles. The Labute approximate surface area is 89.1 Å². The number of ether oxygens (including phenoxy) is 1. The highest BCUT2D eigenvalue weighted by Crippen LogP contribution is 2.10. The molecule has 0 aliphatic carbocycles. The summed E-state index contributed by atoms with van der Waals surface area (Å²) >= 11 is 0. The summed E-state index contributed by atoms with van der Waals surface area (Å²) < 4.78 is 4.98. The number of rotatable bonds is 5. The third-order valence-corrected chi connectivity index (χ3v) is 1.82. The van der Waals surface area contributed by atoms with Crippen molar-refractivity contribution in [3.63, 3.8) is 0 Å². The summed E-state index contributed by atoms with van der Waals surface area (Å²) in [5.41, 5.74) is 2.91. The largest absolute Gasteiger partial charge is 0.497 e. The molecule has 0 atom stereocenters. The van der Waals surface area contributed by atoms with Gasteiger partial charge in [-0.25, -0.2) is 5.48 Å². The van der Waals surface area contributed by atoms with Gasteiger partial charge in [0.2, 0.25) is 0 Å². The van der Waals surface area contributed by atoms with Crippen LogP contribution in [0, 0.1) is 0 Å². The Morgan fingerprint density at radius 1 is 1.33 bits per heavy atom. The molecular weight excluding hydrogens is 194 g/mol. The average Bonchev–Trinajstić information content (AvgIpc) is 2.29. The number of methoxy groups -OCH3 is 1. The maximum atomic E-state index is 11.4. The lowest BCUT2D eigenvalue weighted by Crippen LogP contribution is -2.23. The lowest BCUT2D eigenvalue weighted by Gasteiger charge is -2.05. The molecule has 0 aliphatic heterocycles. The first-order chi connectivity index (χ1) is 7.27. The van der Waals surface area contributed by atoms with Crippen LogP contribution in [0.4, 0.5) is 0 Å². The van der Waals surface area contributed by atoms with Gasteiger partial charge in [-0.3, -0.25) is 9.63 Å². The molecule has 4 nitrogen and oxygen atoms in total. The molecule has 1 amide bonds. The zero-order valence-electron chi connectivity index (χ0n) is 8.95. The summed E-state index contributed by atoms with van der Waals surface area (Å²) in [4.78, 5) is 16.4. The van der Waals surface area contributed by atoms with E-state index in [4.69, 9.17) is 9.57 Å². The van der Waals surface area contributed by atoms with Crippen LogP contribution in [-0.4, -0.2) is 19.6 Å². The smallest absolute Gasteiger partial charge is 0.274 e. The van der Waals surface area contributed by atoms with Gasteiger partial charge in [-0.2, -0.15) is 0 Å². The molecule has 1 rings (SSSR count). The van der Waals surface area contributed by atoms with Gasteiger partial charge in [0.15, 0.2) is 0 Å². The second kappa shape index (κ2) is 6.03. The van der Waals surface area contributed by atoms with E-state index in [-0.39, 0.29) is 5.91 Å². The Morgan fingerprint density at radius 3 is 2.53 bits per heavy atom. The Bertz CT molecular complexity index is 308. The highest BCUT2D eigenvalue weighted by molar-refractivity contribution is 5.93. The molecule has 4 heteroatoms. The predicted molar refractivity (Wildman–Crippen MR) is 56.7 cm³/mol. The van der Waals surface area contributed by atoms with E-state index in [0.29, 0.717) is 12.2 Å². The molecule has 1 aromatic rings. The van der Waals surface area contributed by atoms with E-state index in [1.165, 1.54) is 0 Å². The number of amides is 1. The van der Waals surface area contributed by atoms with Crippen molar-refractivity contribution in [2.45, 2.75) is 13.3 Å². The monoisotopic (exact) mass is 209 g/mol. The molecule has 0 spiro atoms. The van der Waals surface area contributed by atoms with E-state index >= 15 is 0 Å². The SMILES string of the molecule is CCCONC(=O)c1ccc(OC)cc1. The summed E-state index contributed by atoms with van der Waals surface area (Å²) in [5, 5.41) is 0. The molecule has 0 aliphatic rings. The summed E-state index contributed by atoms with van der Waals surface area (Å²) in [6.07, 6.45) is 0.864. The molecular formula is C11H15NO3. The number of hydroxylamine groups is 1. The third kappa shape index (κ3) is 3.59. The Balaban J connectivity index is 2.50. The molecule has 0 saturated heterocycles. The lowest BCUT2D eigenvalue weighted by molar-refractivity contribution is 0.0315. The first kappa shape index (κ1) is 11.5. The highest BCUT2D eigenvalue weighted by atomic mass is 16.6. The summed E-state index contributed by atoms with van der Waals surface area (Å²) in [7, 11) is 1.58. The van der Waals surface area contributed by atoms with Crippen molar-refractivity contribution >= 4 is 5.91 Å². The first-order valence-corrected chi connectivity index (χ1v) is 4.84. The molecule has 0 fully saturated rings. The average molecular weight is 209 g/mol. The van der Waals surface area contributed by atoms with Gasteiger partial charge < -0.3 is 4.74 Å². The normalized spacial score (nSPS) is 9.73. The minimum absolute atomic E-state index is 0.244. The van der Waals surface area contributed by atoms with Crippen LogP contribution in [0.3, 0.4) is 0 Å². The van der Waals surface area contributed by atoms with Gasteiger partial charge in [0.1, 0.15) is 5.75 Å². The standard InChI is InChI=1S/C11H15NO3/c1-3-8-15-12-11(13)9-4-6-10(14-2)7-5-9/h4-7H,3,8H2,1-2H3,(H,12,13). The van der Waals surface area contributed by atoms with Gasteiger partial charge >= 0.3 is 0 Å². The van der Waals surface area contributed by atoms with Crippen molar-refractivity contribution in [2.24, 2.45) is 0 Å². The number of benzene rings is 1. The molecule has 1 aromatic carbocycles. The maximum Gasteiger partial charge on any atom is 0.274 e. The Kier molecular flexibility index (Phi) is 4.63. The summed E-state index contributed by atoms with van der Waals surface area (Å²) in [6, 6.07) is 6.83. The van der Waals surface area contributed by atoms with Gasteiger partial charge in [-0.1, -0.05) is 6.92 Å². The zero-order valence-corrected chi connectivity index (χ0v) is 8.95. The Morgan fingerprint density at radius 2 is 2.00 bits per heavy atom. The molecule has 0 radical (unpaired) electrons. The fraction of sp³-hybridized carbons (Fsp3) is 0.364. The van der Waals surface area contributed by atoms with E-state index in [1.807, 2.05) is 6.92 Å². The lowest BCUT2D eigenvalue weighted by atomic mass is 10.2. The molecule has 1 N–H and O–H groups in total. The van der Waals surface area contributed by atoms with Crippen molar-refractivity contribution in [1.82, 2.24) is 5.48 Å². The summed E-state index contributed by atoms with van der Waals surface area (Å²) in [5.74, 6) is 0.479. The van der Waals surface area contributed by atoms with Crippen LogP contribution in [0.2, 0.25) is 0 Å². The van der Waals surface area contributed by atoms with Crippen LogP contribution in [-0.2, 0) is 4.84 Å². The van der Waals surface area contributed by atoms with Gasteiger partial charge in [0.25, 0.3) is 5.91 Å². The maximum absolute atomic E-state index is 11.4. The number of carbonyl (C=O) groups excluding carboxylic acids is 1. The highest BCUT2D eigenvalue weighted by Gasteiger charge is 2.04. The molecule has 0 bridgehead atoms. The van der Waals surface area contributed by atoms with Crippen LogP contribution >= 0.6 is 0 Å². The zero-order chi connectivity index (χ0) is 11.1. The van der Waals surface area contributed by atoms with Crippen molar-refractivity contribution in [3.8, 4) is 5.75 Å². The van der Waals surface area contributed by atoms with Gasteiger partial charge in [0, 0.05) is 5.56 Å². The van der Waals surface area contributed by atoms with E-state index in [9.17, 15) is 4.79 Å². The first-order valence-electron chi connectivity index (χ1n) is 4.84. The minimum Gasteiger partial charge on any atom is -0.497 e. The number of hydrogen-bond acceptors (Lipinski definition) is 3. The van der Waals surface area contributed by atoms with Crippen LogP contribution < -0.4 is 10.2 Å². The molecule has 15 heavy (non-hydrogen) atoms. The van der Waals surface area contributed by atoms with Crippen molar-refractivity contribution in [1.29, 1.82) is 0 Å². The quantitative estimate of drug-likeness (QED) is 0.594. The van der Waals surface area contributed by atoms with E-state index in [1.54, 1.807) is 31.4 Å². The van der Waals surface area contributed by atoms with Crippen LogP contribution in [0.15, 0.2) is 24.3 Å². The molecule has 0 unspecified atom stereocenters. The topological polar surface area (TPSA) is 47.6 Å². The fourth-order valence-electron chi connectivity index (χ4n) is 1.02. The number of carbonyl (C=O) groups is 1. The van der Waals surface area contributed by atoms with E-state index in [0.717, 1.165) is 12.2 Å². The van der Waals surface area contributed by atoms with Gasteiger partial charge in [-0.05, 0) is 30.7 Å². The van der Waals surface area contributed by atoms with E-state index in [2.05, 4.69) is 5.48 Å². The molecule has 0 aromatic heterocycles. The fourth-order valence-corrected chi connectivity index (χ4v) is 1.02. The van der Waals surface area contributed by atoms with Crippen molar-refractivity contribution in [3.05, 3.63) is 29.8 Å². The third-order valence-electron chi connectivity index (χ3n) is 1.82. The summed E-state index contributed by atoms with van der Waals surface area (Å²) in [6.45, 7) is 2.49. The van der Waals surface area contributed by atoms with Crippen LogP contribution in [0.5, 0.6) is 5.75 Å². The van der Waals surface area contributed by atoms with Crippen molar-refractivity contribution < 1.29 is 14.4 Å². The minimum atomic E-state index is -0.244. The van der Waals surface area contributed by atoms with Gasteiger partial charge in [-0.15, -0.1) is 0 Å². The predicted octanol–water partition coefficient (Wildman–Crippen LogP) is 1.77. The van der Waals surface area contributed by atoms with Crippen molar-refractivity contribution in [2.75, 3.05) is 13.7 Å². The number of nitrogens with one attached hydrogen (secondary N) is 1. The molecule has 82 valence electrons. The Hall–Kier alpha value is -1.55. The van der Waals surface area contributed by atoms with Gasteiger partial charge in [0.05, 0.1) is 13.7 Å². The molecule has 0 saturated carbocycles. The van der Waals surface area contributed by atoms with Crippen LogP contribution in [0.1, 0.15) is 23.7 Å². The number of hydrogen-bond donors (Lipinski definition) is 1. The van der Waals surface area contributed by atoms with Crippen LogP contribution in [0.25, 0.3) is 0 Å². The second-order valence-electron chi connectivity index (χ2n) is 3.01. The second-order valence-corrected chi connectivity index (χ2v) is 3.01. The van der Waals surface area contributed by atoms with E-state index < -0.39 is 0 Å².